The van der Waals surface area contributed by atoms with E-state index < -0.39 is 0 Å². The normalized spacial score (nSPS) is 19.2. The molecule has 1 N–H and O–H groups in total. The van der Waals surface area contributed by atoms with E-state index in [2.05, 4.69) is 10.3 Å². The summed E-state index contributed by atoms with van der Waals surface area (Å²) in [6.45, 7) is 2.02. The number of amides is 1. The predicted molar refractivity (Wildman–Crippen MR) is 98.0 cm³/mol. The van der Waals surface area contributed by atoms with Gasteiger partial charge in [0, 0.05) is 0 Å². The topological polar surface area (TPSA) is 41.5 Å². The Morgan fingerprint density at radius 3 is 2.65 bits per heavy atom. The van der Waals surface area contributed by atoms with E-state index in [9.17, 15) is 4.79 Å². The number of hydrogen-bond acceptors (Lipinski definition) is 3. The minimum atomic E-state index is -0.254. The van der Waals surface area contributed by atoms with Gasteiger partial charge in [-0.05, 0) is 37.1 Å². The van der Waals surface area contributed by atoms with Crippen molar-refractivity contribution in [2.24, 2.45) is 4.99 Å². The number of carbonyl (C=O) groups excluding carboxylic acids is 1. The van der Waals surface area contributed by atoms with Crippen LogP contribution in [0.15, 0.2) is 47.5 Å². The van der Waals surface area contributed by atoms with Crippen molar-refractivity contribution in [2.75, 3.05) is 0 Å². The van der Waals surface area contributed by atoms with Crippen molar-refractivity contribution in [2.45, 2.75) is 18.6 Å². The zero-order valence-electron chi connectivity index (χ0n) is 12.3. The van der Waals surface area contributed by atoms with Gasteiger partial charge in [-0.3, -0.25) is 4.79 Å². The van der Waals surface area contributed by atoms with Crippen LogP contribution in [0.2, 0.25) is 10.0 Å². The van der Waals surface area contributed by atoms with E-state index in [1.54, 1.807) is 6.07 Å². The molecule has 1 heterocycles. The standard InChI is InChI=1S/C17H14Cl2N2OS/c1-10-5-7-12(8-6-10)20-17-21-16(22)14(23-17)9-11-3-2-4-13(18)15(11)19/h2-8,14H,9H2,1H3,(H,20,21,22)/t14-/m1/s1. The summed E-state index contributed by atoms with van der Waals surface area (Å²) in [5, 5.41) is 4.18. The number of nitrogens with zero attached hydrogens (tertiary/aromatic N) is 1. The minimum absolute atomic E-state index is 0.0584. The van der Waals surface area contributed by atoms with Crippen LogP contribution < -0.4 is 5.32 Å². The van der Waals surface area contributed by atoms with Crippen molar-refractivity contribution >= 4 is 51.7 Å². The lowest BCUT2D eigenvalue weighted by Gasteiger charge is -2.08. The number of aliphatic imine (C=N–C) groups is 1. The number of aryl methyl sites for hydroxylation is 1. The van der Waals surface area contributed by atoms with Crippen molar-refractivity contribution in [3.8, 4) is 0 Å². The number of nitrogens with one attached hydrogen (secondary N) is 1. The number of amidine groups is 1. The van der Waals surface area contributed by atoms with Crippen molar-refractivity contribution < 1.29 is 4.79 Å². The molecule has 1 fully saturated rings. The van der Waals surface area contributed by atoms with Crippen molar-refractivity contribution in [1.82, 2.24) is 5.32 Å². The van der Waals surface area contributed by atoms with Gasteiger partial charge in [0.05, 0.1) is 21.0 Å². The number of rotatable bonds is 3. The number of benzene rings is 2. The van der Waals surface area contributed by atoms with Gasteiger partial charge in [-0.15, -0.1) is 0 Å². The first-order valence-electron chi connectivity index (χ1n) is 7.08. The molecule has 2 aromatic rings. The number of hydrogen-bond donors (Lipinski definition) is 1. The van der Waals surface area contributed by atoms with Crippen LogP contribution in [0.5, 0.6) is 0 Å². The highest BCUT2D eigenvalue weighted by Crippen LogP contribution is 2.31. The lowest BCUT2D eigenvalue weighted by molar-refractivity contribution is -0.118. The van der Waals surface area contributed by atoms with E-state index in [-0.39, 0.29) is 11.2 Å². The van der Waals surface area contributed by atoms with E-state index >= 15 is 0 Å². The molecule has 0 saturated carbocycles. The highest BCUT2D eigenvalue weighted by atomic mass is 35.5. The van der Waals surface area contributed by atoms with Gasteiger partial charge in [0.1, 0.15) is 0 Å². The van der Waals surface area contributed by atoms with Crippen LogP contribution in [0.4, 0.5) is 5.69 Å². The summed E-state index contributed by atoms with van der Waals surface area (Å²) in [7, 11) is 0. The largest absolute Gasteiger partial charge is 0.304 e. The number of carbonyl (C=O) groups is 1. The Morgan fingerprint density at radius 2 is 1.91 bits per heavy atom. The van der Waals surface area contributed by atoms with E-state index in [0.717, 1.165) is 11.3 Å². The van der Waals surface area contributed by atoms with E-state index in [0.29, 0.717) is 21.6 Å². The number of thioether (sulfide) groups is 1. The van der Waals surface area contributed by atoms with Crippen LogP contribution in [0.25, 0.3) is 0 Å². The zero-order chi connectivity index (χ0) is 16.4. The second-order valence-corrected chi connectivity index (χ2v) is 7.24. The second kappa shape index (κ2) is 6.95. The Labute approximate surface area is 149 Å². The molecule has 118 valence electrons. The SMILES string of the molecule is Cc1ccc(N=C2NC(=O)[C@@H](Cc3cccc(Cl)c3Cl)S2)cc1. The van der Waals surface area contributed by atoms with Crippen LogP contribution in [0.1, 0.15) is 11.1 Å². The zero-order valence-corrected chi connectivity index (χ0v) is 14.7. The van der Waals surface area contributed by atoms with Crippen LogP contribution >= 0.6 is 35.0 Å². The fourth-order valence-corrected chi connectivity index (χ4v) is 3.65. The first kappa shape index (κ1) is 16.4. The molecule has 1 amide bonds. The second-order valence-electron chi connectivity index (χ2n) is 5.27. The maximum Gasteiger partial charge on any atom is 0.239 e. The minimum Gasteiger partial charge on any atom is -0.304 e. The molecule has 1 aliphatic rings. The lowest BCUT2D eigenvalue weighted by Crippen LogP contribution is -2.26. The van der Waals surface area contributed by atoms with Crippen LogP contribution in [0, 0.1) is 6.92 Å². The average molecular weight is 365 g/mol. The van der Waals surface area contributed by atoms with Gasteiger partial charge in [0.2, 0.25) is 5.91 Å². The van der Waals surface area contributed by atoms with Crippen molar-refractivity contribution in [3.05, 3.63) is 63.6 Å². The molecule has 2 aromatic carbocycles. The molecule has 3 nitrogen and oxygen atoms in total. The Hall–Kier alpha value is -1.49. The summed E-state index contributed by atoms with van der Waals surface area (Å²) >= 11 is 13.6. The van der Waals surface area contributed by atoms with Gasteiger partial charge in [-0.2, -0.15) is 0 Å². The molecule has 0 aliphatic carbocycles. The van der Waals surface area contributed by atoms with E-state index in [4.69, 9.17) is 23.2 Å². The van der Waals surface area contributed by atoms with E-state index in [1.807, 2.05) is 43.3 Å². The molecule has 0 unspecified atom stereocenters. The van der Waals surface area contributed by atoms with E-state index in [1.165, 1.54) is 17.3 Å². The summed E-state index contributed by atoms with van der Waals surface area (Å²) in [6, 6.07) is 13.3. The lowest BCUT2D eigenvalue weighted by atomic mass is 10.1. The molecule has 1 atom stereocenters. The monoisotopic (exact) mass is 364 g/mol. The van der Waals surface area contributed by atoms with Crippen LogP contribution in [-0.4, -0.2) is 16.3 Å². The summed E-state index contributed by atoms with van der Waals surface area (Å²) < 4.78 is 0. The fraction of sp³-hybridized carbons (Fsp3) is 0.176. The maximum absolute atomic E-state index is 12.1. The third-order valence-corrected chi connectivity index (χ3v) is 5.42. The third-order valence-electron chi connectivity index (χ3n) is 3.48. The number of halogens is 2. The molecule has 0 bridgehead atoms. The van der Waals surface area contributed by atoms with Crippen molar-refractivity contribution in [1.29, 1.82) is 0 Å². The molecule has 0 radical (unpaired) electrons. The van der Waals surface area contributed by atoms with Gasteiger partial charge >= 0.3 is 0 Å². The quantitative estimate of drug-likeness (QED) is 0.852. The molecule has 3 rings (SSSR count). The molecule has 6 heteroatoms. The predicted octanol–water partition coefficient (Wildman–Crippen LogP) is 4.76. The van der Waals surface area contributed by atoms with Gasteiger partial charge in [0.15, 0.2) is 5.17 Å². The summed E-state index contributed by atoms with van der Waals surface area (Å²) in [5.74, 6) is -0.0584. The Balaban J connectivity index is 1.75. The molecule has 1 saturated heterocycles. The fourth-order valence-electron chi connectivity index (χ4n) is 2.23. The molecular weight excluding hydrogens is 351 g/mol. The summed E-state index contributed by atoms with van der Waals surface area (Å²) in [4.78, 5) is 16.6. The first-order valence-corrected chi connectivity index (χ1v) is 8.72. The Bertz CT molecular complexity index is 775. The Morgan fingerprint density at radius 1 is 1.17 bits per heavy atom. The first-order chi connectivity index (χ1) is 11.0. The summed E-state index contributed by atoms with van der Waals surface area (Å²) in [5.41, 5.74) is 2.86. The highest BCUT2D eigenvalue weighted by molar-refractivity contribution is 8.15. The summed E-state index contributed by atoms with van der Waals surface area (Å²) in [6.07, 6.45) is 0.517. The molecule has 0 spiro atoms. The van der Waals surface area contributed by atoms with Crippen molar-refractivity contribution in [3.63, 3.8) is 0 Å². The molecule has 23 heavy (non-hydrogen) atoms. The molecular formula is C17H14Cl2N2OS. The smallest absolute Gasteiger partial charge is 0.239 e. The van der Waals surface area contributed by atoms with Crippen LogP contribution in [0.3, 0.4) is 0 Å². The highest BCUT2D eigenvalue weighted by Gasteiger charge is 2.31. The van der Waals surface area contributed by atoms with Gasteiger partial charge in [-0.25, -0.2) is 4.99 Å². The molecule has 0 aromatic heterocycles. The van der Waals surface area contributed by atoms with Gasteiger partial charge in [-0.1, -0.05) is 64.8 Å². The third kappa shape index (κ3) is 3.89. The van der Waals surface area contributed by atoms with Crippen LogP contribution in [-0.2, 0) is 11.2 Å². The van der Waals surface area contributed by atoms with Gasteiger partial charge < -0.3 is 5.32 Å². The Kier molecular flexibility index (Phi) is 4.95. The molecule has 1 aliphatic heterocycles. The maximum atomic E-state index is 12.1. The van der Waals surface area contributed by atoms with Gasteiger partial charge in [0.25, 0.3) is 0 Å². The average Bonchev–Trinajstić information content (AvgIpc) is 2.86.